The Morgan fingerprint density at radius 3 is 2.56 bits per heavy atom. The van der Waals surface area contributed by atoms with Crippen LogP contribution in [0.1, 0.15) is 24.8 Å². The summed E-state index contributed by atoms with van der Waals surface area (Å²) < 4.78 is 44.2. The predicted octanol–water partition coefficient (Wildman–Crippen LogP) is 0.481. The SMILES string of the molecule is O=C(O)[C@@H]1CCCCN1S(=O)(=O)NC(COP(=O)(O)O)Cc1ccccc1. The van der Waals surface area contributed by atoms with Gasteiger partial charge in [0.2, 0.25) is 0 Å². The highest BCUT2D eigenvalue weighted by molar-refractivity contribution is 7.87. The zero-order valence-corrected chi connectivity index (χ0v) is 16.2. The number of carbonyl (C=O) groups is 1. The van der Waals surface area contributed by atoms with Gasteiger partial charge < -0.3 is 14.9 Å². The van der Waals surface area contributed by atoms with Crippen LogP contribution in [0, 0.1) is 0 Å². The van der Waals surface area contributed by atoms with Gasteiger partial charge in [-0.15, -0.1) is 0 Å². The highest BCUT2D eigenvalue weighted by Crippen LogP contribution is 2.36. The molecule has 1 aliphatic rings. The number of carboxylic acids is 1. The smallest absolute Gasteiger partial charge is 0.469 e. The van der Waals surface area contributed by atoms with E-state index in [9.17, 15) is 22.9 Å². The molecule has 27 heavy (non-hydrogen) atoms. The van der Waals surface area contributed by atoms with Crippen molar-refractivity contribution in [1.82, 2.24) is 9.03 Å². The molecular formula is C15H23N2O8PS. The van der Waals surface area contributed by atoms with Crippen LogP contribution in [-0.2, 0) is 30.5 Å². The fourth-order valence-electron chi connectivity index (χ4n) is 2.94. The van der Waals surface area contributed by atoms with Crippen molar-refractivity contribution in [3.63, 3.8) is 0 Å². The van der Waals surface area contributed by atoms with Crippen molar-refractivity contribution in [2.24, 2.45) is 0 Å². The Kier molecular flexibility index (Phi) is 7.52. The standard InChI is InChI=1S/C15H23N2O8PS/c18-15(19)14-8-4-5-9-17(14)27(23,24)16-13(11-25-26(20,21)22)10-12-6-2-1-3-7-12/h1-3,6-7,13-14,16H,4-5,8-11H2,(H,18,19)(H2,20,21,22)/t13?,14-/m0/s1. The lowest BCUT2D eigenvalue weighted by Gasteiger charge is -2.33. The molecule has 1 aromatic rings. The minimum Gasteiger partial charge on any atom is -0.480 e. The van der Waals surface area contributed by atoms with E-state index in [1.165, 1.54) is 0 Å². The first kappa shape index (κ1) is 22.0. The fraction of sp³-hybridized carbons (Fsp3) is 0.533. The molecule has 1 aromatic carbocycles. The zero-order chi connectivity index (χ0) is 20.1. The van der Waals surface area contributed by atoms with Gasteiger partial charge in [-0.1, -0.05) is 30.3 Å². The van der Waals surface area contributed by atoms with Gasteiger partial charge in [-0.2, -0.15) is 17.4 Å². The zero-order valence-electron chi connectivity index (χ0n) is 14.5. The second kappa shape index (κ2) is 9.24. The molecule has 12 heteroatoms. The van der Waals surface area contributed by atoms with Crippen LogP contribution in [0.15, 0.2) is 30.3 Å². The summed E-state index contributed by atoms with van der Waals surface area (Å²) in [6.07, 6.45) is 1.47. The van der Waals surface area contributed by atoms with Crippen LogP contribution < -0.4 is 4.72 Å². The molecule has 2 rings (SSSR count). The number of hydrogen-bond acceptors (Lipinski definition) is 5. The van der Waals surface area contributed by atoms with Crippen LogP contribution in [-0.4, -0.2) is 58.8 Å². The van der Waals surface area contributed by atoms with E-state index in [0.717, 1.165) is 9.87 Å². The van der Waals surface area contributed by atoms with Gasteiger partial charge in [-0.05, 0) is 31.2 Å². The number of benzene rings is 1. The minimum atomic E-state index is -4.79. The molecule has 0 bridgehead atoms. The Hall–Kier alpha value is -1.33. The molecule has 2 atom stereocenters. The van der Waals surface area contributed by atoms with Crippen LogP contribution in [0.2, 0.25) is 0 Å². The number of nitrogens with one attached hydrogen (secondary N) is 1. The summed E-state index contributed by atoms with van der Waals surface area (Å²) in [5, 5.41) is 9.29. The molecule has 1 saturated heterocycles. The number of aliphatic carboxylic acids is 1. The summed E-state index contributed by atoms with van der Waals surface area (Å²) in [5.41, 5.74) is 0.730. The van der Waals surface area contributed by atoms with E-state index in [-0.39, 0.29) is 19.4 Å². The number of hydrogen-bond donors (Lipinski definition) is 4. The van der Waals surface area contributed by atoms with Gasteiger partial charge in [0.05, 0.1) is 12.6 Å². The molecule has 1 unspecified atom stereocenters. The van der Waals surface area contributed by atoms with Crippen LogP contribution in [0.25, 0.3) is 0 Å². The molecule has 0 radical (unpaired) electrons. The van der Waals surface area contributed by atoms with E-state index in [4.69, 9.17) is 9.79 Å². The van der Waals surface area contributed by atoms with E-state index in [1.807, 2.05) is 0 Å². The lowest BCUT2D eigenvalue weighted by Crippen LogP contribution is -2.55. The highest BCUT2D eigenvalue weighted by Gasteiger charge is 2.38. The normalized spacial score (nSPS) is 20.3. The van der Waals surface area contributed by atoms with Gasteiger partial charge in [0.25, 0.3) is 10.2 Å². The molecule has 0 aromatic heterocycles. The summed E-state index contributed by atoms with van der Waals surface area (Å²) in [6, 6.07) is 6.59. The maximum Gasteiger partial charge on any atom is 0.469 e. The molecule has 1 heterocycles. The van der Waals surface area contributed by atoms with E-state index < -0.39 is 42.7 Å². The number of piperidine rings is 1. The van der Waals surface area contributed by atoms with Gasteiger partial charge in [0.15, 0.2) is 0 Å². The van der Waals surface area contributed by atoms with Gasteiger partial charge in [-0.25, -0.2) is 4.57 Å². The Morgan fingerprint density at radius 1 is 1.30 bits per heavy atom. The first-order valence-corrected chi connectivity index (χ1v) is 11.3. The lowest BCUT2D eigenvalue weighted by molar-refractivity contribution is -0.142. The first-order valence-electron chi connectivity index (χ1n) is 8.34. The topological polar surface area (TPSA) is 153 Å². The molecule has 0 saturated carbocycles. The Morgan fingerprint density at radius 2 is 1.96 bits per heavy atom. The Bertz CT molecular complexity index is 782. The third-order valence-corrected chi connectivity index (χ3v) is 6.30. The first-order chi connectivity index (χ1) is 12.6. The van der Waals surface area contributed by atoms with E-state index in [1.54, 1.807) is 30.3 Å². The molecule has 152 valence electrons. The molecule has 4 N–H and O–H groups in total. The van der Waals surface area contributed by atoms with Gasteiger partial charge in [-0.3, -0.25) is 9.32 Å². The molecule has 1 fully saturated rings. The second-order valence-electron chi connectivity index (χ2n) is 6.26. The van der Waals surface area contributed by atoms with Crippen LogP contribution in [0.5, 0.6) is 0 Å². The Labute approximate surface area is 157 Å². The average Bonchev–Trinajstić information content (AvgIpc) is 2.60. The largest absolute Gasteiger partial charge is 0.480 e. The summed E-state index contributed by atoms with van der Waals surface area (Å²) in [5.74, 6) is -1.23. The van der Waals surface area contributed by atoms with Gasteiger partial charge in [0.1, 0.15) is 6.04 Å². The third-order valence-electron chi connectivity index (χ3n) is 4.13. The van der Waals surface area contributed by atoms with Crippen LogP contribution >= 0.6 is 7.82 Å². The van der Waals surface area contributed by atoms with E-state index in [2.05, 4.69) is 9.25 Å². The van der Waals surface area contributed by atoms with Crippen molar-refractivity contribution in [2.75, 3.05) is 13.2 Å². The number of phosphoric acid groups is 1. The number of rotatable bonds is 9. The lowest BCUT2D eigenvalue weighted by atomic mass is 10.1. The summed E-state index contributed by atoms with van der Waals surface area (Å²) in [4.78, 5) is 29.2. The maximum atomic E-state index is 12.7. The molecule has 0 spiro atoms. The van der Waals surface area contributed by atoms with Crippen molar-refractivity contribution in [3.8, 4) is 0 Å². The van der Waals surface area contributed by atoms with Crippen molar-refractivity contribution in [3.05, 3.63) is 35.9 Å². The fourth-order valence-corrected chi connectivity index (χ4v) is 4.92. The molecule has 10 nitrogen and oxygen atoms in total. The Balaban J connectivity index is 2.18. The van der Waals surface area contributed by atoms with E-state index in [0.29, 0.717) is 12.8 Å². The summed E-state index contributed by atoms with van der Waals surface area (Å²) >= 11 is 0. The van der Waals surface area contributed by atoms with Crippen molar-refractivity contribution < 1.29 is 37.2 Å². The quantitative estimate of drug-likeness (QED) is 0.419. The third kappa shape index (κ3) is 6.96. The highest BCUT2D eigenvalue weighted by atomic mass is 32.2. The van der Waals surface area contributed by atoms with Gasteiger partial charge >= 0.3 is 13.8 Å². The maximum absolute atomic E-state index is 12.7. The molecule has 0 amide bonds. The molecule has 0 aliphatic carbocycles. The number of phosphoric ester groups is 1. The van der Waals surface area contributed by atoms with E-state index >= 15 is 0 Å². The van der Waals surface area contributed by atoms with Gasteiger partial charge in [0, 0.05) is 6.54 Å². The van der Waals surface area contributed by atoms with Crippen molar-refractivity contribution in [2.45, 2.75) is 37.8 Å². The summed E-state index contributed by atoms with van der Waals surface area (Å²) in [7, 11) is -8.99. The van der Waals surface area contributed by atoms with Crippen molar-refractivity contribution >= 4 is 24.0 Å². The minimum absolute atomic E-state index is 0.0592. The van der Waals surface area contributed by atoms with Crippen LogP contribution in [0.3, 0.4) is 0 Å². The monoisotopic (exact) mass is 422 g/mol. The second-order valence-corrected chi connectivity index (χ2v) is 9.15. The van der Waals surface area contributed by atoms with Crippen LogP contribution in [0.4, 0.5) is 0 Å². The number of nitrogens with zero attached hydrogens (tertiary/aromatic N) is 1. The average molecular weight is 422 g/mol. The molecular weight excluding hydrogens is 399 g/mol. The summed E-state index contributed by atoms with van der Waals surface area (Å²) in [6.45, 7) is -0.506. The molecule has 1 aliphatic heterocycles. The number of carboxylic acid groups (broad SMARTS) is 1. The predicted molar refractivity (Wildman–Crippen MR) is 96.0 cm³/mol. The van der Waals surface area contributed by atoms with Crippen molar-refractivity contribution in [1.29, 1.82) is 0 Å².